The molecule has 6 heteroatoms. The zero-order chi connectivity index (χ0) is 21.6. The molecule has 0 atom stereocenters. The summed E-state index contributed by atoms with van der Waals surface area (Å²) in [5.74, 6) is 2.10. The van der Waals surface area contributed by atoms with Crippen LogP contribution >= 0.6 is 0 Å². The van der Waals surface area contributed by atoms with E-state index in [-0.39, 0.29) is 12.3 Å². The van der Waals surface area contributed by atoms with Crippen LogP contribution in [-0.2, 0) is 11.2 Å². The highest BCUT2D eigenvalue weighted by Gasteiger charge is 2.14. The van der Waals surface area contributed by atoms with Gasteiger partial charge in [-0.25, -0.2) is 4.98 Å². The predicted octanol–water partition coefficient (Wildman–Crippen LogP) is 5.30. The molecule has 0 saturated heterocycles. The predicted molar refractivity (Wildman–Crippen MR) is 122 cm³/mol. The van der Waals surface area contributed by atoms with Gasteiger partial charge in [0.05, 0.1) is 19.8 Å². The smallest absolute Gasteiger partial charge is 0.234 e. The molecule has 4 rings (SSSR count). The molecule has 2 aromatic carbocycles. The van der Waals surface area contributed by atoms with Gasteiger partial charge >= 0.3 is 0 Å². The molecule has 156 valence electrons. The van der Waals surface area contributed by atoms with Crippen LogP contribution in [0.3, 0.4) is 0 Å². The number of ether oxygens (including phenoxy) is 1. The maximum Gasteiger partial charge on any atom is 0.234 e. The molecule has 0 aliphatic carbocycles. The Morgan fingerprint density at radius 2 is 1.87 bits per heavy atom. The average molecular weight is 413 g/mol. The van der Waals surface area contributed by atoms with Crippen molar-refractivity contribution in [3.8, 4) is 16.9 Å². The number of carbonyl (C=O) groups is 1. The number of amides is 1. The summed E-state index contributed by atoms with van der Waals surface area (Å²) in [6.07, 6.45) is 3.55. The minimum Gasteiger partial charge on any atom is -0.497 e. The van der Waals surface area contributed by atoms with Gasteiger partial charge in [0, 0.05) is 30.7 Å². The fourth-order valence-corrected chi connectivity index (χ4v) is 3.25. The van der Waals surface area contributed by atoms with Crippen molar-refractivity contribution in [3.63, 3.8) is 0 Å². The van der Waals surface area contributed by atoms with Crippen LogP contribution in [0, 0.1) is 0 Å². The van der Waals surface area contributed by atoms with E-state index in [0.29, 0.717) is 5.76 Å². The van der Waals surface area contributed by atoms with Crippen LogP contribution in [0.4, 0.5) is 17.2 Å². The van der Waals surface area contributed by atoms with Crippen molar-refractivity contribution >= 4 is 23.1 Å². The molecule has 0 bridgehead atoms. The molecule has 1 N–H and O–H groups in total. The standard InChI is InChI=1S/C25H23N3O3/c1-28(25(29)17-23-10-5-13-31-23)21-8-3-6-18(14-21)19-11-12-26-24(15-19)27-20-7-4-9-22(16-20)30-2/h3-16H,17H2,1-2H3,(H,26,27). The number of hydrogen-bond donors (Lipinski definition) is 1. The number of nitrogens with one attached hydrogen (secondary N) is 1. The van der Waals surface area contributed by atoms with Gasteiger partial charge in [-0.1, -0.05) is 18.2 Å². The number of carbonyl (C=O) groups excluding carboxylic acids is 1. The highest BCUT2D eigenvalue weighted by molar-refractivity contribution is 5.94. The van der Waals surface area contributed by atoms with Gasteiger partial charge in [-0.05, 0) is 59.7 Å². The number of furan rings is 1. The Kier molecular flexibility index (Phi) is 5.98. The first-order chi connectivity index (χ1) is 15.1. The fourth-order valence-electron chi connectivity index (χ4n) is 3.25. The Bertz CT molecular complexity index is 1170. The molecule has 0 aliphatic heterocycles. The van der Waals surface area contributed by atoms with Gasteiger partial charge in [0.1, 0.15) is 17.3 Å². The second-order valence-corrected chi connectivity index (χ2v) is 7.05. The number of likely N-dealkylation sites (N-methyl/N-ethyl adjacent to an activating group) is 1. The summed E-state index contributed by atoms with van der Waals surface area (Å²) in [6, 6.07) is 23.0. The maximum absolute atomic E-state index is 12.6. The van der Waals surface area contributed by atoms with Crippen LogP contribution in [0.5, 0.6) is 5.75 Å². The Hall–Kier alpha value is -4.06. The van der Waals surface area contributed by atoms with E-state index in [4.69, 9.17) is 9.15 Å². The van der Waals surface area contributed by atoms with Crippen molar-refractivity contribution < 1.29 is 13.9 Å². The summed E-state index contributed by atoms with van der Waals surface area (Å²) in [5, 5.41) is 3.30. The lowest BCUT2D eigenvalue weighted by molar-refractivity contribution is -0.117. The lowest BCUT2D eigenvalue weighted by Gasteiger charge is -2.18. The molecule has 31 heavy (non-hydrogen) atoms. The molecule has 0 spiro atoms. The zero-order valence-corrected chi connectivity index (χ0v) is 17.4. The number of anilines is 3. The SMILES string of the molecule is COc1cccc(Nc2cc(-c3cccc(N(C)C(=O)Cc4ccco4)c3)ccn2)c1. The zero-order valence-electron chi connectivity index (χ0n) is 17.4. The van der Waals surface area contributed by atoms with Gasteiger partial charge in [0.2, 0.25) is 5.91 Å². The molecule has 0 unspecified atom stereocenters. The lowest BCUT2D eigenvalue weighted by Crippen LogP contribution is -2.27. The van der Waals surface area contributed by atoms with Crippen LogP contribution in [0.25, 0.3) is 11.1 Å². The van der Waals surface area contributed by atoms with Crippen molar-refractivity contribution in [3.05, 3.63) is 91.0 Å². The average Bonchev–Trinajstić information content (AvgIpc) is 3.32. The quantitative estimate of drug-likeness (QED) is 0.445. The first-order valence-corrected chi connectivity index (χ1v) is 9.89. The molecule has 2 heterocycles. The minimum atomic E-state index is -0.0396. The summed E-state index contributed by atoms with van der Waals surface area (Å²) in [5.41, 5.74) is 3.69. The number of aromatic nitrogens is 1. The number of hydrogen-bond acceptors (Lipinski definition) is 5. The lowest BCUT2D eigenvalue weighted by atomic mass is 10.1. The molecular formula is C25H23N3O3. The molecule has 0 saturated carbocycles. The largest absolute Gasteiger partial charge is 0.497 e. The number of methoxy groups -OCH3 is 1. The second-order valence-electron chi connectivity index (χ2n) is 7.05. The van der Waals surface area contributed by atoms with Crippen LogP contribution in [0.1, 0.15) is 5.76 Å². The van der Waals surface area contributed by atoms with Crippen LogP contribution in [0.2, 0.25) is 0 Å². The van der Waals surface area contributed by atoms with E-state index >= 15 is 0 Å². The van der Waals surface area contributed by atoms with Crippen LogP contribution in [-0.4, -0.2) is 25.0 Å². The highest BCUT2D eigenvalue weighted by Crippen LogP contribution is 2.27. The van der Waals surface area contributed by atoms with Crippen LogP contribution in [0.15, 0.2) is 89.7 Å². The summed E-state index contributed by atoms with van der Waals surface area (Å²) in [7, 11) is 3.41. The maximum atomic E-state index is 12.6. The van der Waals surface area contributed by atoms with Gasteiger partial charge in [-0.2, -0.15) is 0 Å². The van der Waals surface area contributed by atoms with E-state index in [1.54, 1.807) is 43.7 Å². The third-order valence-corrected chi connectivity index (χ3v) is 4.95. The normalized spacial score (nSPS) is 10.5. The first kappa shape index (κ1) is 20.2. The fraction of sp³-hybridized carbons (Fsp3) is 0.120. The van der Waals surface area contributed by atoms with Crippen molar-refractivity contribution in [2.75, 3.05) is 24.4 Å². The van der Waals surface area contributed by atoms with E-state index in [2.05, 4.69) is 10.3 Å². The molecule has 4 aromatic rings. The molecular weight excluding hydrogens is 390 g/mol. The third kappa shape index (κ3) is 4.93. The van der Waals surface area contributed by atoms with Gasteiger partial charge in [-0.15, -0.1) is 0 Å². The Morgan fingerprint density at radius 3 is 2.68 bits per heavy atom. The number of rotatable bonds is 7. The van der Waals surface area contributed by atoms with Crippen molar-refractivity contribution in [1.29, 1.82) is 0 Å². The van der Waals surface area contributed by atoms with Gasteiger partial charge in [0.25, 0.3) is 0 Å². The van der Waals surface area contributed by atoms with E-state index < -0.39 is 0 Å². The second kappa shape index (κ2) is 9.17. The minimum absolute atomic E-state index is 0.0396. The topological polar surface area (TPSA) is 67.6 Å². The molecule has 0 radical (unpaired) electrons. The van der Waals surface area contributed by atoms with Crippen molar-refractivity contribution in [2.45, 2.75) is 6.42 Å². The number of pyridine rings is 1. The van der Waals surface area contributed by atoms with Gasteiger partial charge in [-0.3, -0.25) is 4.79 Å². The van der Waals surface area contributed by atoms with Gasteiger partial charge < -0.3 is 19.4 Å². The Labute approximate surface area is 181 Å². The third-order valence-electron chi connectivity index (χ3n) is 4.95. The van der Waals surface area contributed by atoms with E-state index in [9.17, 15) is 4.79 Å². The molecule has 1 amide bonds. The van der Waals surface area contributed by atoms with E-state index in [1.165, 1.54) is 0 Å². The van der Waals surface area contributed by atoms with E-state index in [1.807, 2.05) is 60.7 Å². The Morgan fingerprint density at radius 1 is 1.03 bits per heavy atom. The van der Waals surface area contributed by atoms with Crippen LogP contribution < -0.4 is 15.0 Å². The highest BCUT2D eigenvalue weighted by atomic mass is 16.5. The van der Waals surface area contributed by atoms with E-state index in [0.717, 1.165) is 34.1 Å². The number of benzene rings is 2. The molecule has 0 fully saturated rings. The first-order valence-electron chi connectivity index (χ1n) is 9.89. The summed E-state index contributed by atoms with van der Waals surface area (Å²) in [6.45, 7) is 0. The Balaban J connectivity index is 1.53. The molecule has 0 aliphatic rings. The summed E-state index contributed by atoms with van der Waals surface area (Å²) < 4.78 is 10.6. The summed E-state index contributed by atoms with van der Waals surface area (Å²) in [4.78, 5) is 18.7. The number of nitrogens with zero attached hydrogens (tertiary/aromatic N) is 2. The molecule has 6 nitrogen and oxygen atoms in total. The monoisotopic (exact) mass is 413 g/mol. The van der Waals surface area contributed by atoms with Crippen molar-refractivity contribution in [2.24, 2.45) is 0 Å². The molecule has 2 aromatic heterocycles. The van der Waals surface area contributed by atoms with Gasteiger partial charge in [0.15, 0.2) is 0 Å². The summed E-state index contributed by atoms with van der Waals surface area (Å²) >= 11 is 0. The van der Waals surface area contributed by atoms with Crippen molar-refractivity contribution in [1.82, 2.24) is 4.98 Å².